The number of carbonyl (C=O) groups excluding carboxylic acids is 1. The van der Waals surface area contributed by atoms with Gasteiger partial charge in [-0.05, 0) is 31.2 Å². The van der Waals surface area contributed by atoms with Gasteiger partial charge in [-0.3, -0.25) is 0 Å². The molecular formula is C14H17N3O4. The number of hydrogen-bond acceptors (Lipinski definition) is 7. The van der Waals surface area contributed by atoms with Crippen molar-refractivity contribution in [2.45, 2.75) is 6.92 Å². The summed E-state index contributed by atoms with van der Waals surface area (Å²) in [6.45, 7) is 2.95. The van der Waals surface area contributed by atoms with Crippen molar-refractivity contribution in [2.75, 3.05) is 25.1 Å². The second kappa shape index (κ2) is 7.30. The average Bonchev–Trinajstić information content (AvgIpc) is 2.95. The maximum atomic E-state index is 11.5. The fourth-order valence-electron chi connectivity index (χ4n) is 1.56. The highest BCUT2D eigenvalue weighted by Gasteiger charge is 2.13. The molecule has 0 radical (unpaired) electrons. The van der Waals surface area contributed by atoms with Crippen molar-refractivity contribution in [3.05, 3.63) is 36.2 Å². The number of ether oxygens (including phenoxy) is 2. The Morgan fingerprint density at radius 1 is 1.38 bits per heavy atom. The Morgan fingerprint density at radius 2 is 2.14 bits per heavy atom. The van der Waals surface area contributed by atoms with E-state index in [0.29, 0.717) is 19.8 Å². The molecule has 2 rings (SSSR count). The van der Waals surface area contributed by atoms with Crippen molar-refractivity contribution in [2.24, 2.45) is 5.73 Å². The van der Waals surface area contributed by atoms with Gasteiger partial charge in [-0.1, -0.05) is 0 Å². The lowest BCUT2D eigenvalue weighted by Crippen LogP contribution is -2.10. The zero-order chi connectivity index (χ0) is 15.1. The van der Waals surface area contributed by atoms with Crippen LogP contribution in [-0.2, 0) is 4.74 Å². The summed E-state index contributed by atoms with van der Waals surface area (Å²) >= 11 is 0. The third kappa shape index (κ3) is 4.22. The Balaban J connectivity index is 1.96. The average molecular weight is 291 g/mol. The Morgan fingerprint density at radius 3 is 2.81 bits per heavy atom. The number of rotatable bonds is 7. The van der Waals surface area contributed by atoms with E-state index in [2.05, 4.69) is 10.3 Å². The first-order valence-electron chi connectivity index (χ1n) is 6.55. The van der Waals surface area contributed by atoms with Crippen LogP contribution in [0.4, 0.5) is 11.7 Å². The van der Waals surface area contributed by atoms with Crippen LogP contribution < -0.4 is 15.8 Å². The van der Waals surface area contributed by atoms with E-state index in [0.717, 1.165) is 11.4 Å². The second-order valence-corrected chi connectivity index (χ2v) is 4.04. The van der Waals surface area contributed by atoms with E-state index < -0.39 is 5.97 Å². The highest BCUT2D eigenvalue weighted by atomic mass is 16.5. The zero-order valence-corrected chi connectivity index (χ0v) is 11.7. The van der Waals surface area contributed by atoms with Crippen LogP contribution in [-0.4, -0.2) is 30.7 Å². The minimum atomic E-state index is -0.514. The van der Waals surface area contributed by atoms with Crippen LogP contribution in [0.1, 0.15) is 17.4 Å². The maximum Gasteiger partial charge on any atom is 0.360 e. The van der Waals surface area contributed by atoms with Gasteiger partial charge in [-0.2, -0.15) is 4.98 Å². The number of oxazole rings is 1. The predicted octanol–water partition coefficient (Wildman–Crippen LogP) is 1.93. The molecule has 0 saturated carbocycles. The van der Waals surface area contributed by atoms with Gasteiger partial charge in [0.1, 0.15) is 18.6 Å². The van der Waals surface area contributed by atoms with E-state index in [1.165, 1.54) is 6.26 Å². The van der Waals surface area contributed by atoms with Crippen LogP contribution in [0.25, 0.3) is 0 Å². The molecule has 1 heterocycles. The lowest BCUT2D eigenvalue weighted by molar-refractivity contribution is 0.0519. The van der Waals surface area contributed by atoms with Crippen molar-refractivity contribution in [3.63, 3.8) is 0 Å². The molecule has 112 valence electrons. The molecule has 0 aliphatic heterocycles. The van der Waals surface area contributed by atoms with Crippen LogP contribution >= 0.6 is 0 Å². The first-order chi connectivity index (χ1) is 10.2. The Bertz CT molecular complexity index is 580. The zero-order valence-electron chi connectivity index (χ0n) is 11.7. The summed E-state index contributed by atoms with van der Waals surface area (Å²) in [7, 11) is 0. The van der Waals surface area contributed by atoms with Crippen molar-refractivity contribution >= 4 is 17.7 Å². The van der Waals surface area contributed by atoms with Crippen molar-refractivity contribution in [3.8, 4) is 5.75 Å². The molecular weight excluding hydrogens is 274 g/mol. The third-order valence-electron chi connectivity index (χ3n) is 2.48. The molecule has 1 aromatic heterocycles. The van der Waals surface area contributed by atoms with E-state index in [1.807, 2.05) is 0 Å². The van der Waals surface area contributed by atoms with Crippen LogP contribution in [0.3, 0.4) is 0 Å². The van der Waals surface area contributed by atoms with Gasteiger partial charge < -0.3 is 24.9 Å². The highest BCUT2D eigenvalue weighted by Crippen LogP contribution is 2.19. The molecule has 3 N–H and O–H groups in total. The first-order valence-corrected chi connectivity index (χ1v) is 6.55. The monoisotopic (exact) mass is 291 g/mol. The summed E-state index contributed by atoms with van der Waals surface area (Å²) in [4.78, 5) is 15.5. The molecule has 0 fully saturated rings. The van der Waals surface area contributed by atoms with Crippen molar-refractivity contribution < 1.29 is 18.7 Å². The maximum absolute atomic E-state index is 11.5. The number of nitrogens with one attached hydrogen (secondary N) is 1. The largest absolute Gasteiger partial charge is 0.492 e. The lowest BCUT2D eigenvalue weighted by atomic mass is 10.3. The van der Waals surface area contributed by atoms with Gasteiger partial charge in [-0.15, -0.1) is 0 Å². The van der Waals surface area contributed by atoms with Crippen LogP contribution in [0.15, 0.2) is 34.9 Å². The van der Waals surface area contributed by atoms with Crippen LogP contribution in [0.2, 0.25) is 0 Å². The SMILES string of the molecule is CCOC(=O)c1coc(Nc2ccc(OCCN)cc2)n1. The van der Waals surface area contributed by atoms with Crippen LogP contribution in [0.5, 0.6) is 5.75 Å². The minimum absolute atomic E-state index is 0.127. The molecule has 0 spiro atoms. The molecule has 7 nitrogen and oxygen atoms in total. The fourth-order valence-corrected chi connectivity index (χ4v) is 1.56. The molecule has 2 aromatic rings. The number of benzene rings is 1. The smallest absolute Gasteiger partial charge is 0.360 e. The quantitative estimate of drug-likeness (QED) is 0.752. The van der Waals surface area contributed by atoms with Gasteiger partial charge in [0.15, 0.2) is 5.69 Å². The first kappa shape index (κ1) is 14.9. The second-order valence-electron chi connectivity index (χ2n) is 4.04. The molecule has 0 aliphatic carbocycles. The molecule has 0 aliphatic rings. The summed E-state index contributed by atoms with van der Waals surface area (Å²) in [5.41, 5.74) is 6.24. The normalized spacial score (nSPS) is 10.2. The van der Waals surface area contributed by atoms with Crippen LogP contribution in [0, 0.1) is 0 Å². The van der Waals surface area contributed by atoms with Gasteiger partial charge in [0.05, 0.1) is 6.61 Å². The fraction of sp³-hybridized carbons (Fsp3) is 0.286. The highest BCUT2D eigenvalue weighted by molar-refractivity contribution is 5.87. The van der Waals surface area contributed by atoms with E-state index >= 15 is 0 Å². The van der Waals surface area contributed by atoms with E-state index in [-0.39, 0.29) is 11.7 Å². The summed E-state index contributed by atoms with van der Waals surface area (Å²) < 4.78 is 15.4. The summed E-state index contributed by atoms with van der Waals surface area (Å²) in [5, 5.41) is 2.94. The Labute approximate surface area is 122 Å². The summed E-state index contributed by atoms with van der Waals surface area (Å²) in [6, 6.07) is 7.43. The molecule has 21 heavy (non-hydrogen) atoms. The lowest BCUT2D eigenvalue weighted by Gasteiger charge is -2.05. The molecule has 0 amide bonds. The van der Waals surface area contributed by atoms with Gasteiger partial charge >= 0.3 is 5.97 Å². The predicted molar refractivity (Wildman–Crippen MR) is 76.7 cm³/mol. The van der Waals surface area contributed by atoms with Crippen molar-refractivity contribution in [1.29, 1.82) is 0 Å². The minimum Gasteiger partial charge on any atom is -0.492 e. The Kier molecular flexibility index (Phi) is 5.16. The molecule has 0 bridgehead atoms. The van der Waals surface area contributed by atoms with E-state index in [1.54, 1.807) is 31.2 Å². The number of anilines is 2. The van der Waals surface area contributed by atoms with Gasteiger partial charge in [0, 0.05) is 12.2 Å². The van der Waals surface area contributed by atoms with Gasteiger partial charge in [-0.25, -0.2) is 4.79 Å². The van der Waals surface area contributed by atoms with E-state index in [4.69, 9.17) is 19.6 Å². The summed E-state index contributed by atoms with van der Waals surface area (Å²) in [5.74, 6) is 0.213. The number of hydrogen-bond donors (Lipinski definition) is 2. The van der Waals surface area contributed by atoms with Gasteiger partial charge in [0.25, 0.3) is 6.01 Å². The molecule has 0 saturated heterocycles. The van der Waals surface area contributed by atoms with Crippen molar-refractivity contribution in [1.82, 2.24) is 4.98 Å². The third-order valence-corrected chi connectivity index (χ3v) is 2.48. The standard InChI is InChI=1S/C14H17N3O4/c1-2-19-13(18)12-9-21-14(17-12)16-10-3-5-11(6-4-10)20-8-7-15/h3-6,9H,2,7-8,15H2,1H3,(H,16,17). The number of aromatic nitrogens is 1. The summed E-state index contributed by atoms with van der Waals surface area (Å²) in [6.07, 6.45) is 1.25. The molecule has 0 atom stereocenters. The van der Waals surface area contributed by atoms with Gasteiger partial charge in [0.2, 0.25) is 0 Å². The molecule has 1 aromatic carbocycles. The molecule has 0 unspecified atom stereocenters. The number of carbonyl (C=O) groups is 1. The number of nitrogens with two attached hydrogens (primary N) is 1. The number of esters is 1. The van der Waals surface area contributed by atoms with E-state index in [9.17, 15) is 4.79 Å². The Hall–Kier alpha value is -2.54. The molecule has 7 heteroatoms. The topological polar surface area (TPSA) is 99.6 Å². The number of nitrogens with zero attached hydrogens (tertiary/aromatic N) is 1.